The van der Waals surface area contributed by atoms with E-state index in [1.807, 2.05) is 0 Å². The molecular formula is C6H8O4. The maximum Gasteiger partial charge on any atom is 0.187 e. The summed E-state index contributed by atoms with van der Waals surface area (Å²) >= 11 is 0. The summed E-state index contributed by atoms with van der Waals surface area (Å²) in [7, 11) is 0. The van der Waals surface area contributed by atoms with Crippen molar-refractivity contribution >= 4 is 0 Å². The predicted octanol–water partition coefficient (Wildman–Crippen LogP) is -1.13. The van der Waals surface area contributed by atoms with Crippen LogP contribution < -0.4 is 0 Å². The Morgan fingerprint density at radius 3 is 2.80 bits per heavy atom. The number of aliphatic hydroxyl groups is 1. The van der Waals surface area contributed by atoms with Crippen molar-refractivity contribution in [3.05, 3.63) is 0 Å². The highest BCUT2D eigenvalue weighted by Gasteiger charge is 2.59. The Hall–Kier alpha value is -0.160. The van der Waals surface area contributed by atoms with Crippen molar-refractivity contribution in [1.29, 1.82) is 0 Å². The molecule has 0 aromatic heterocycles. The zero-order valence-electron chi connectivity index (χ0n) is 5.27. The minimum absolute atomic E-state index is 0.000000000000000222. The number of aliphatic hydroxyl groups excluding tert-OH is 1. The second-order valence-corrected chi connectivity index (χ2v) is 2.93. The van der Waals surface area contributed by atoms with Crippen molar-refractivity contribution in [1.82, 2.24) is 0 Å². The Kier molecular flexibility index (Phi) is 0.840. The predicted molar refractivity (Wildman–Crippen MR) is 29.3 cm³/mol. The third-order valence-electron chi connectivity index (χ3n) is 2.36. The Bertz CT molecular complexity index is 169. The normalized spacial score (nSPS) is 63.9. The molecule has 0 aromatic carbocycles. The van der Waals surface area contributed by atoms with Crippen molar-refractivity contribution < 1.29 is 19.3 Å². The lowest BCUT2D eigenvalue weighted by Gasteiger charge is -2.17. The monoisotopic (exact) mass is 144 g/mol. The van der Waals surface area contributed by atoms with Gasteiger partial charge in [-0.25, -0.2) is 0 Å². The number of ether oxygens (including phenoxy) is 3. The van der Waals surface area contributed by atoms with Crippen molar-refractivity contribution in [3.63, 3.8) is 0 Å². The van der Waals surface area contributed by atoms with E-state index in [2.05, 4.69) is 0 Å². The van der Waals surface area contributed by atoms with Gasteiger partial charge in [0.05, 0.1) is 6.61 Å². The summed E-state index contributed by atoms with van der Waals surface area (Å²) < 4.78 is 15.8. The van der Waals surface area contributed by atoms with Crippen molar-refractivity contribution in [2.75, 3.05) is 6.61 Å². The van der Waals surface area contributed by atoms with Gasteiger partial charge in [0.2, 0.25) is 0 Å². The van der Waals surface area contributed by atoms with Gasteiger partial charge in [0.25, 0.3) is 0 Å². The van der Waals surface area contributed by atoms with Crippen LogP contribution in [0.3, 0.4) is 0 Å². The molecule has 0 aromatic rings. The van der Waals surface area contributed by atoms with Gasteiger partial charge in [-0.05, 0) is 0 Å². The Balaban J connectivity index is 2.00. The fourth-order valence-electron chi connectivity index (χ4n) is 1.86. The van der Waals surface area contributed by atoms with Gasteiger partial charge in [-0.3, -0.25) is 0 Å². The summed E-state index contributed by atoms with van der Waals surface area (Å²) in [5.41, 5.74) is 0. The largest absolute Gasteiger partial charge is 0.385 e. The summed E-state index contributed by atoms with van der Waals surface area (Å²) in [6.07, 6.45) is -1.02. The topological polar surface area (TPSA) is 47.9 Å². The molecular weight excluding hydrogens is 136 g/mol. The molecule has 0 aliphatic carbocycles. The van der Waals surface area contributed by atoms with E-state index in [9.17, 15) is 5.11 Å². The average Bonchev–Trinajstić information content (AvgIpc) is 2.43. The molecule has 1 N–H and O–H groups in total. The minimum atomic E-state index is -0.566. The number of hydrogen-bond acceptors (Lipinski definition) is 4. The highest BCUT2D eigenvalue weighted by atomic mass is 16.8. The standard InChI is InChI=1S/C6H8O4/c7-3-5-4-2(1-8-5)9-6(3)10-4/h2-7H,1H2/t2-,3-,4-,5-,6+/m1/s1. The Labute approximate surface area is 57.7 Å². The van der Waals surface area contributed by atoms with E-state index in [1.54, 1.807) is 0 Å². The lowest BCUT2D eigenvalue weighted by atomic mass is 10.1. The first-order valence-corrected chi connectivity index (χ1v) is 3.47. The van der Waals surface area contributed by atoms with Crippen LogP contribution in [0.4, 0.5) is 0 Å². The molecule has 3 rings (SSSR count). The Morgan fingerprint density at radius 2 is 2.10 bits per heavy atom. The van der Waals surface area contributed by atoms with Gasteiger partial charge in [0.1, 0.15) is 24.4 Å². The van der Waals surface area contributed by atoms with Crippen LogP contribution in [0, 0.1) is 0 Å². The van der Waals surface area contributed by atoms with E-state index >= 15 is 0 Å². The van der Waals surface area contributed by atoms with Crippen LogP contribution in [0.15, 0.2) is 0 Å². The van der Waals surface area contributed by atoms with Gasteiger partial charge in [-0.15, -0.1) is 0 Å². The van der Waals surface area contributed by atoms with Crippen LogP contribution in [0.5, 0.6) is 0 Å². The van der Waals surface area contributed by atoms with E-state index < -0.39 is 12.4 Å². The van der Waals surface area contributed by atoms with Crippen molar-refractivity contribution in [2.45, 2.75) is 30.7 Å². The van der Waals surface area contributed by atoms with Gasteiger partial charge < -0.3 is 19.3 Å². The van der Waals surface area contributed by atoms with Gasteiger partial charge >= 0.3 is 0 Å². The summed E-state index contributed by atoms with van der Waals surface area (Å²) in [5, 5.41) is 9.33. The van der Waals surface area contributed by atoms with E-state index in [1.165, 1.54) is 0 Å². The zero-order valence-corrected chi connectivity index (χ0v) is 5.27. The lowest BCUT2D eigenvalue weighted by Crippen LogP contribution is -2.39. The van der Waals surface area contributed by atoms with Crippen LogP contribution in [-0.2, 0) is 14.2 Å². The third kappa shape index (κ3) is 0.441. The first-order valence-electron chi connectivity index (χ1n) is 3.47. The van der Waals surface area contributed by atoms with Crippen LogP contribution in [0.25, 0.3) is 0 Å². The summed E-state index contributed by atoms with van der Waals surface area (Å²) in [5.74, 6) is 0. The minimum Gasteiger partial charge on any atom is -0.385 e. The highest BCUT2D eigenvalue weighted by molar-refractivity contribution is 5.02. The second kappa shape index (κ2) is 1.53. The van der Waals surface area contributed by atoms with Crippen LogP contribution in [0.1, 0.15) is 0 Å². The maximum atomic E-state index is 9.33. The molecule has 3 aliphatic heterocycles. The summed E-state index contributed by atoms with van der Waals surface area (Å²) in [4.78, 5) is 0. The highest BCUT2D eigenvalue weighted by Crippen LogP contribution is 2.40. The number of hydrogen-bond donors (Lipinski definition) is 1. The van der Waals surface area contributed by atoms with Crippen molar-refractivity contribution in [3.8, 4) is 0 Å². The molecule has 0 amide bonds. The van der Waals surface area contributed by atoms with Crippen LogP contribution >= 0.6 is 0 Å². The fourth-order valence-corrected chi connectivity index (χ4v) is 1.86. The SMILES string of the molecule is O[C@H]1[C@@H]2O[C@H]3[C@@H]1OC[C@H]3O2. The molecule has 56 valence electrons. The van der Waals surface area contributed by atoms with E-state index in [0.717, 1.165) is 0 Å². The second-order valence-electron chi connectivity index (χ2n) is 2.93. The fraction of sp³-hybridized carbons (Fsp3) is 1.00. The van der Waals surface area contributed by atoms with Gasteiger partial charge in [-0.2, -0.15) is 0 Å². The quantitative estimate of drug-likeness (QED) is 0.467. The van der Waals surface area contributed by atoms with E-state index in [-0.39, 0.29) is 18.3 Å². The van der Waals surface area contributed by atoms with E-state index in [4.69, 9.17) is 14.2 Å². The molecule has 3 aliphatic rings. The molecule has 2 bridgehead atoms. The lowest BCUT2D eigenvalue weighted by molar-refractivity contribution is -0.104. The number of rotatable bonds is 0. The molecule has 10 heavy (non-hydrogen) atoms. The van der Waals surface area contributed by atoms with E-state index in [0.29, 0.717) is 6.61 Å². The molecule has 0 spiro atoms. The molecule has 0 radical (unpaired) electrons. The molecule has 3 heterocycles. The average molecular weight is 144 g/mol. The first-order chi connectivity index (χ1) is 4.86. The Morgan fingerprint density at radius 1 is 1.20 bits per heavy atom. The zero-order chi connectivity index (χ0) is 6.72. The first kappa shape index (κ1) is 5.49. The summed E-state index contributed by atoms with van der Waals surface area (Å²) in [6.45, 7) is 0.572. The van der Waals surface area contributed by atoms with Crippen LogP contribution in [0.2, 0.25) is 0 Å². The maximum absolute atomic E-state index is 9.33. The van der Waals surface area contributed by atoms with Gasteiger partial charge in [0, 0.05) is 0 Å². The molecule has 4 heteroatoms. The molecule has 5 atom stereocenters. The van der Waals surface area contributed by atoms with Crippen LogP contribution in [-0.4, -0.2) is 42.4 Å². The smallest absolute Gasteiger partial charge is 0.187 e. The van der Waals surface area contributed by atoms with Gasteiger partial charge in [0.15, 0.2) is 6.29 Å². The van der Waals surface area contributed by atoms with Gasteiger partial charge in [-0.1, -0.05) is 0 Å². The molecule has 4 nitrogen and oxygen atoms in total. The molecule has 0 unspecified atom stereocenters. The van der Waals surface area contributed by atoms with Crippen molar-refractivity contribution in [2.24, 2.45) is 0 Å². The molecule has 3 fully saturated rings. The molecule has 0 saturated carbocycles. The summed E-state index contributed by atoms with van der Waals surface area (Å²) in [6, 6.07) is 0. The molecule has 3 saturated heterocycles. The third-order valence-corrected chi connectivity index (χ3v) is 2.36. The number of fused-ring (bicyclic) bond motifs is 1.